The lowest BCUT2D eigenvalue weighted by Crippen LogP contribution is -2.29. The summed E-state index contributed by atoms with van der Waals surface area (Å²) in [5.74, 6) is 2.03. The molecule has 1 aromatic heterocycles. The molecule has 1 aromatic rings. The van der Waals surface area contributed by atoms with E-state index < -0.39 is 0 Å². The molecule has 0 radical (unpaired) electrons. The van der Waals surface area contributed by atoms with E-state index in [0.717, 1.165) is 18.2 Å². The minimum atomic E-state index is 0.561. The van der Waals surface area contributed by atoms with Crippen LogP contribution in [0.25, 0.3) is 0 Å². The van der Waals surface area contributed by atoms with Gasteiger partial charge in [0.05, 0.1) is 0 Å². The van der Waals surface area contributed by atoms with Crippen LogP contribution < -0.4 is 5.32 Å². The van der Waals surface area contributed by atoms with Crippen molar-refractivity contribution in [3.05, 3.63) is 12.2 Å². The van der Waals surface area contributed by atoms with Crippen molar-refractivity contribution in [2.45, 2.75) is 31.7 Å². The maximum absolute atomic E-state index is 4.24. The molecule has 0 saturated heterocycles. The van der Waals surface area contributed by atoms with Crippen molar-refractivity contribution >= 4 is 0 Å². The van der Waals surface area contributed by atoms with E-state index in [2.05, 4.69) is 15.4 Å². The second kappa shape index (κ2) is 4.09. The van der Waals surface area contributed by atoms with Gasteiger partial charge in [0.15, 0.2) is 0 Å². The Kier molecular flexibility index (Phi) is 2.82. The van der Waals surface area contributed by atoms with E-state index in [1.54, 1.807) is 6.33 Å². The van der Waals surface area contributed by atoms with Gasteiger partial charge in [0.2, 0.25) is 0 Å². The topological polar surface area (TPSA) is 42.7 Å². The third-order valence-electron chi connectivity index (χ3n) is 2.96. The molecule has 1 aliphatic rings. The van der Waals surface area contributed by atoms with Crippen LogP contribution in [0.1, 0.15) is 25.1 Å². The molecular formula is C10H18N4. The molecule has 1 atom stereocenters. The maximum atomic E-state index is 4.24. The largest absolute Gasteiger partial charge is 0.317 e. The van der Waals surface area contributed by atoms with E-state index in [1.807, 2.05) is 18.8 Å². The zero-order valence-corrected chi connectivity index (χ0v) is 8.90. The van der Waals surface area contributed by atoms with Gasteiger partial charge in [0.25, 0.3) is 0 Å². The average molecular weight is 194 g/mol. The van der Waals surface area contributed by atoms with Crippen LogP contribution in [-0.4, -0.2) is 27.9 Å². The van der Waals surface area contributed by atoms with Crippen LogP contribution in [0.2, 0.25) is 0 Å². The second-order valence-corrected chi connectivity index (χ2v) is 4.17. The lowest BCUT2D eigenvalue weighted by atomic mass is 10.1. The average Bonchev–Trinajstić information content (AvgIpc) is 2.90. The van der Waals surface area contributed by atoms with E-state index in [1.165, 1.54) is 19.3 Å². The summed E-state index contributed by atoms with van der Waals surface area (Å²) in [6.07, 6.45) is 6.72. The summed E-state index contributed by atoms with van der Waals surface area (Å²) in [6.45, 7) is 0. The summed E-state index contributed by atoms with van der Waals surface area (Å²) in [5.41, 5.74) is 0. The molecule has 14 heavy (non-hydrogen) atoms. The van der Waals surface area contributed by atoms with E-state index in [9.17, 15) is 0 Å². The van der Waals surface area contributed by atoms with Crippen LogP contribution in [0.15, 0.2) is 6.33 Å². The van der Waals surface area contributed by atoms with Gasteiger partial charge in [0, 0.05) is 19.5 Å². The van der Waals surface area contributed by atoms with E-state index >= 15 is 0 Å². The Morgan fingerprint density at radius 2 is 2.43 bits per heavy atom. The first-order valence-corrected chi connectivity index (χ1v) is 5.29. The molecule has 0 bridgehead atoms. The first kappa shape index (κ1) is 9.65. The normalized spacial score (nSPS) is 18.4. The molecule has 1 heterocycles. The van der Waals surface area contributed by atoms with Gasteiger partial charge in [0.1, 0.15) is 12.2 Å². The molecule has 1 N–H and O–H groups in total. The summed E-state index contributed by atoms with van der Waals surface area (Å²) in [6, 6.07) is 0.561. The lowest BCUT2D eigenvalue weighted by Gasteiger charge is -2.14. The number of nitrogens with one attached hydrogen (secondary N) is 1. The number of aryl methyl sites for hydroxylation is 1. The van der Waals surface area contributed by atoms with Crippen molar-refractivity contribution in [2.75, 3.05) is 7.05 Å². The molecular weight excluding hydrogens is 176 g/mol. The summed E-state index contributed by atoms with van der Waals surface area (Å²) >= 11 is 0. The molecule has 4 heteroatoms. The Hall–Kier alpha value is -0.900. The molecule has 78 valence electrons. The van der Waals surface area contributed by atoms with Crippen LogP contribution in [-0.2, 0) is 13.5 Å². The summed E-state index contributed by atoms with van der Waals surface area (Å²) < 4.78 is 1.86. The molecule has 0 amide bonds. The van der Waals surface area contributed by atoms with Crippen molar-refractivity contribution in [3.63, 3.8) is 0 Å². The van der Waals surface area contributed by atoms with Gasteiger partial charge < -0.3 is 5.32 Å². The second-order valence-electron chi connectivity index (χ2n) is 4.17. The summed E-state index contributed by atoms with van der Waals surface area (Å²) in [5, 5.41) is 7.43. The standard InChI is InChI=1S/C10H18N4/c1-11-9(5-8-3-4-8)6-10-12-7-13-14(10)2/h7-9,11H,3-6H2,1-2H3. The van der Waals surface area contributed by atoms with Crippen molar-refractivity contribution in [1.82, 2.24) is 20.1 Å². The first-order valence-electron chi connectivity index (χ1n) is 5.29. The van der Waals surface area contributed by atoms with E-state index in [-0.39, 0.29) is 0 Å². The predicted octanol–water partition coefficient (Wildman–Crippen LogP) is 0.746. The zero-order valence-electron chi connectivity index (χ0n) is 8.90. The number of nitrogens with zero attached hydrogens (tertiary/aromatic N) is 3. The van der Waals surface area contributed by atoms with Crippen LogP contribution in [0.4, 0.5) is 0 Å². The van der Waals surface area contributed by atoms with Gasteiger partial charge in [-0.3, -0.25) is 4.68 Å². The first-order chi connectivity index (χ1) is 6.79. The smallest absolute Gasteiger partial charge is 0.138 e. The minimum absolute atomic E-state index is 0.561. The van der Waals surface area contributed by atoms with Crippen molar-refractivity contribution < 1.29 is 0 Å². The molecule has 0 spiro atoms. The van der Waals surface area contributed by atoms with Crippen LogP contribution >= 0.6 is 0 Å². The molecule has 1 saturated carbocycles. The van der Waals surface area contributed by atoms with Crippen molar-refractivity contribution in [1.29, 1.82) is 0 Å². The molecule has 1 aliphatic carbocycles. The van der Waals surface area contributed by atoms with Gasteiger partial charge in [-0.15, -0.1) is 0 Å². The Labute approximate surface area is 84.7 Å². The van der Waals surface area contributed by atoms with Crippen LogP contribution in [0.3, 0.4) is 0 Å². The van der Waals surface area contributed by atoms with Gasteiger partial charge in [-0.1, -0.05) is 12.8 Å². The highest BCUT2D eigenvalue weighted by molar-refractivity contribution is 4.91. The van der Waals surface area contributed by atoms with Crippen LogP contribution in [0, 0.1) is 5.92 Å². The third-order valence-corrected chi connectivity index (χ3v) is 2.96. The fraction of sp³-hybridized carbons (Fsp3) is 0.800. The Balaban J connectivity index is 1.89. The molecule has 4 nitrogen and oxygen atoms in total. The fourth-order valence-electron chi connectivity index (χ4n) is 1.78. The fourth-order valence-corrected chi connectivity index (χ4v) is 1.78. The zero-order chi connectivity index (χ0) is 9.97. The molecule has 0 aromatic carbocycles. The number of hydrogen-bond donors (Lipinski definition) is 1. The highest BCUT2D eigenvalue weighted by Gasteiger charge is 2.25. The quantitative estimate of drug-likeness (QED) is 0.752. The number of rotatable bonds is 5. The van der Waals surface area contributed by atoms with Crippen molar-refractivity contribution in [2.24, 2.45) is 13.0 Å². The van der Waals surface area contributed by atoms with E-state index in [0.29, 0.717) is 6.04 Å². The summed E-state index contributed by atoms with van der Waals surface area (Å²) in [4.78, 5) is 4.24. The highest BCUT2D eigenvalue weighted by Crippen LogP contribution is 2.33. The lowest BCUT2D eigenvalue weighted by molar-refractivity contribution is 0.472. The van der Waals surface area contributed by atoms with Crippen LogP contribution in [0.5, 0.6) is 0 Å². The number of aromatic nitrogens is 3. The molecule has 1 fully saturated rings. The molecule has 2 rings (SSSR count). The van der Waals surface area contributed by atoms with Gasteiger partial charge >= 0.3 is 0 Å². The monoisotopic (exact) mass is 194 g/mol. The van der Waals surface area contributed by atoms with Gasteiger partial charge in [-0.2, -0.15) is 5.10 Å². The van der Waals surface area contributed by atoms with Crippen molar-refractivity contribution in [3.8, 4) is 0 Å². The Morgan fingerprint density at radius 3 is 2.93 bits per heavy atom. The Morgan fingerprint density at radius 1 is 1.64 bits per heavy atom. The molecule has 1 unspecified atom stereocenters. The summed E-state index contributed by atoms with van der Waals surface area (Å²) in [7, 11) is 3.98. The minimum Gasteiger partial charge on any atom is -0.317 e. The van der Waals surface area contributed by atoms with Gasteiger partial charge in [-0.25, -0.2) is 4.98 Å². The Bertz CT molecular complexity index is 290. The SMILES string of the molecule is CNC(Cc1ncnn1C)CC1CC1. The predicted molar refractivity (Wildman–Crippen MR) is 54.9 cm³/mol. The number of likely N-dealkylation sites (N-methyl/N-ethyl adjacent to an activating group) is 1. The highest BCUT2D eigenvalue weighted by atomic mass is 15.3. The van der Waals surface area contributed by atoms with E-state index in [4.69, 9.17) is 0 Å². The maximum Gasteiger partial charge on any atom is 0.138 e. The third kappa shape index (κ3) is 2.32. The number of hydrogen-bond acceptors (Lipinski definition) is 3. The molecule has 0 aliphatic heterocycles. The van der Waals surface area contributed by atoms with Gasteiger partial charge in [-0.05, 0) is 19.4 Å².